The average molecular weight is 717 g/mol. The van der Waals surface area contributed by atoms with Gasteiger partial charge in [0.05, 0.1) is 10.6 Å². The SMILES string of the molecule is CNC(=O)C(Cc1ccccc1)N(Cc1ccc(Cl)cc1Cl)C(=O)CN(c1ccc(Oc2ccccc2)cc1)S(=O)(=O)c1ccc(C)cc1. The molecule has 0 aromatic heterocycles. The Balaban J connectivity index is 1.56. The van der Waals surface area contributed by atoms with Crippen LogP contribution >= 0.6 is 23.2 Å². The lowest BCUT2D eigenvalue weighted by Crippen LogP contribution is -2.53. The van der Waals surface area contributed by atoms with Crippen LogP contribution < -0.4 is 14.4 Å². The van der Waals surface area contributed by atoms with Gasteiger partial charge in [0.25, 0.3) is 10.0 Å². The molecule has 1 atom stereocenters. The van der Waals surface area contributed by atoms with Crippen LogP contribution in [0.2, 0.25) is 10.0 Å². The molecule has 0 spiro atoms. The van der Waals surface area contributed by atoms with Crippen LogP contribution in [0, 0.1) is 6.92 Å². The lowest BCUT2D eigenvalue weighted by molar-refractivity contribution is -0.139. The second-order valence-electron chi connectivity index (χ2n) is 11.3. The molecular weight excluding hydrogens is 681 g/mol. The Hall–Kier alpha value is -4.83. The van der Waals surface area contributed by atoms with E-state index in [9.17, 15) is 18.0 Å². The number of carbonyl (C=O) groups excluding carboxylic acids is 2. The predicted molar refractivity (Wildman–Crippen MR) is 194 cm³/mol. The summed E-state index contributed by atoms with van der Waals surface area (Å²) in [6.45, 7) is 1.17. The minimum Gasteiger partial charge on any atom is -0.457 e. The predicted octanol–water partition coefficient (Wildman–Crippen LogP) is 7.68. The summed E-state index contributed by atoms with van der Waals surface area (Å²) < 4.78 is 35.5. The normalized spacial score (nSPS) is 11.8. The Morgan fingerprint density at radius 2 is 1.41 bits per heavy atom. The summed E-state index contributed by atoms with van der Waals surface area (Å²) >= 11 is 12.7. The summed E-state index contributed by atoms with van der Waals surface area (Å²) in [7, 11) is -2.78. The molecule has 1 unspecified atom stereocenters. The molecule has 49 heavy (non-hydrogen) atoms. The zero-order valence-electron chi connectivity index (χ0n) is 26.9. The minimum absolute atomic E-state index is 0.00921. The molecule has 0 saturated carbocycles. The summed E-state index contributed by atoms with van der Waals surface area (Å²) in [5, 5.41) is 3.39. The first-order valence-electron chi connectivity index (χ1n) is 15.5. The Labute approximate surface area is 296 Å². The summed E-state index contributed by atoms with van der Waals surface area (Å²) in [6.07, 6.45) is 0.174. The highest BCUT2D eigenvalue weighted by Crippen LogP contribution is 2.30. The van der Waals surface area contributed by atoms with E-state index in [0.29, 0.717) is 27.1 Å². The molecule has 11 heteroatoms. The summed E-state index contributed by atoms with van der Waals surface area (Å²) in [4.78, 5) is 29.4. The van der Waals surface area contributed by atoms with Crippen molar-refractivity contribution in [3.05, 3.63) is 154 Å². The molecule has 0 fully saturated rings. The third-order valence-electron chi connectivity index (χ3n) is 7.86. The van der Waals surface area contributed by atoms with E-state index in [0.717, 1.165) is 15.4 Å². The Kier molecular flexibility index (Phi) is 11.6. The van der Waals surface area contributed by atoms with E-state index in [-0.39, 0.29) is 23.5 Å². The number of anilines is 1. The first kappa shape index (κ1) is 35.5. The van der Waals surface area contributed by atoms with E-state index in [1.165, 1.54) is 24.1 Å². The van der Waals surface area contributed by atoms with Crippen molar-refractivity contribution in [2.45, 2.75) is 30.8 Å². The second-order valence-corrected chi connectivity index (χ2v) is 14.0. The summed E-state index contributed by atoms with van der Waals surface area (Å²) in [6, 6.07) is 35.2. The molecule has 5 aromatic carbocycles. The number of likely N-dealkylation sites (N-methyl/N-ethyl adjacent to an activating group) is 1. The maximum atomic E-state index is 14.5. The van der Waals surface area contributed by atoms with Crippen LogP contribution in [-0.2, 0) is 32.6 Å². The number of rotatable bonds is 13. The Bertz CT molecular complexity index is 1990. The van der Waals surface area contributed by atoms with Gasteiger partial charge >= 0.3 is 0 Å². The van der Waals surface area contributed by atoms with E-state index in [2.05, 4.69) is 5.32 Å². The maximum Gasteiger partial charge on any atom is 0.264 e. The molecular formula is C38H35Cl2N3O5S. The molecule has 5 aromatic rings. The number of nitrogens with zero attached hydrogens (tertiary/aromatic N) is 2. The van der Waals surface area contributed by atoms with Gasteiger partial charge in [-0.25, -0.2) is 8.42 Å². The van der Waals surface area contributed by atoms with Gasteiger partial charge in [0.1, 0.15) is 24.1 Å². The van der Waals surface area contributed by atoms with E-state index in [1.54, 1.807) is 66.7 Å². The number of amides is 2. The van der Waals surface area contributed by atoms with E-state index < -0.39 is 34.4 Å². The number of ether oxygens (including phenoxy) is 1. The largest absolute Gasteiger partial charge is 0.457 e. The van der Waals surface area contributed by atoms with Gasteiger partial charge in [0, 0.05) is 30.1 Å². The molecule has 0 radical (unpaired) electrons. The fraction of sp³-hybridized carbons (Fsp3) is 0.158. The van der Waals surface area contributed by atoms with Gasteiger partial charge in [-0.1, -0.05) is 95.5 Å². The summed E-state index contributed by atoms with van der Waals surface area (Å²) in [5.41, 5.74) is 2.47. The van der Waals surface area contributed by atoms with E-state index in [4.69, 9.17) is 27.9 Å². The minimum atomic E-state index is -4.27. The number of aryl methyl sites for hydroxylation is 1. The number of sulfonamides is 1. The van der Waals surface area contributed by atoms with Gasteiger partial charge in [0.2, 0.25) is 11.8 Å². The van der Waals surface area contributed by atoms with Gasteiger partial charge < -0.3 is 15.0 Å². The highest BCUT2D eigenvalue weighted by atomic mass is 35.5. The van der Waals surface area contributed by atoms with Gasteiger partial charge in [-0.05, 0) is 78.7 Å². The zero-order valence-corrected chi connectivity index (χ0v) is 29.3. The van der Waals surface area contributed by atoms with Crippen LogP contribution in [0.1, 0.15) is 16.7 Å². The molecule has 0 aliphatic heterocycles. The highest BCUT2D eigenvalue weighted by molar-refractivity contribution is 7.92. The van der Waals surface area contributed by atoms with Gasteiger partial charge in [-0.2, -0.15) is 0 Å². The molecule has 252 valence electrons. The molecule has 1 N–H and O–H groups in total. The van der Waals surface area contributed by atoms with Crippen molar-refractivity contribution in [2.75, 3.05) is 17.9 Å². The van der Waals surface area contributed by atoms with Crippen molar-refractivity contribution >= 4 is 50.7 Å². The smallest absolute Gasteiger partial charge is 0.264 e. The lowest BCUT2D eigenvalue weighted by Gasteiger charge is -2.33. The number of hydrogen-bond acceptors (Lipinski definition) is 5. The number of hydrogen-bond donors (Lipinski definition) is 1. The summed E-state index contributed by atoms with van der Waals surface area (Å²) in [5.74, 6) is 0.0636. The maximum absolute atomic E-state index is 14.5. The average Bonchev–Trinajstić information content (AvgIpc) is 3.10. The van der Waals surface area contributed by atoms with Crippen molar-refractivity contribution in [3.63, 3.8) is 0 Å². The van der Waals surface area contributed by atoms with Crippen LogP contribution in [0.15, 0.2) is 132 Å². The first-order valence-corrected chi connectivity index (χ1v) is 17.7. The molecule has 5 rings (SSSR count). The molecule has 8 nitrogen and oxygen atoms in total. The second kappa shape index (κ2) is 16.0. The van der Waals surface area contributed by atoms with Gasteiger partial charge in [-0.3, -0.25) is 13.9 Å². The van der Waals surface area contributed by atoms with Crippen LogP contribution in [0.25, 0.3) is 0 Å². The third kappa shape index (κ3) is 9.00. The number of benzene rings is 5. The van der Waals surface area contributed by atoms with Gasteiger partial charge in [-0.15, -0.1) is 0 Å². The fourth-order valence-corrected chi connectivity index (χ4v) is 7.11. The Morgan fingerprint density at radius 3 is 2.02 bits per heavy atom. The number of halogens is 2. The third-order valence-corrected chi connectivity index (χ3v) is 10.2. The van der Waals surface area contributed by atoms with Crippen LogP contribution in [-0.4, -0.2) is 44.8 Å². The van der Waals surface area contributed by atoms with Crippen LogP contribution in [0.5, 0.6) is 11.5 Å². The lowest BCUT2D eigenvalue weighted by atomic mass is 10.0. The molecule has 0 bridgehead atoms. The van der Waals surface area contributed by atoms with Crippen LogP contribution in [0.4, 0.5) is 5.69 Å². The molecule has 0 aliphatic carbocycles. The van der Waals surface area contributed by atoms with Crippen molar-refractivity contribution in [1.82, 2.24) is 10.2 Å². The van der Waals surface area contributed by atoms with Crippen molar-refractivity contribution in [2.24, 2.45) is 0 Å². The standard InChI is InChI=1S/C38H35Cl2N3O5S/c1-27-13-21-34(22-14-27)49(46,47)43(31-17-19-33(20-18-31)48-32-11-7-4-8-12-32)26-37(44)42(25-29-15-16-30(39)24-35(29)40)36(38(45)41-2)23-28-9-5-3-6-10-28/h3-22,24,36H,23,25-26H2,1-2H3,(H,41,45). The quantitative estimate of drug-likeness (QED) is 0.135. The van der Waals surface area contributed by atoms with E-state index in [1.807, 2.05) is 55.5 Å². The molecule has 0 heterocycles. The Morgan fingerprint density at radius 1 is 0.796 bits per heavy atom. The van der Waals surface area contributed by atoms with Gasteiger partial charge in [0.15, 0.2) is 0 Å². The van der Waals surface area contributed by atoms with Crippen molar-refractivity contribution < 1.29 is 22.7 Å². The number of nitrogens with one attached hydrogen (secondary N) is 1. The topological polar surface area (TPSA) is 96.0 Å². The molecule has 0 saturated heterocycles. The number of carbonyl (C=O) groups is 2. The van der Waals surface area contributed by atoms with Crippen molar-refractivity contribution in [3.8, 4) is 11.5 Å². The zero-order chi connectivity index (χ0) is 35.0. The first-order chi connectivity index (χ1) is 23.5. The molecule has 0 aliphatic rings. The van der Waals surface area contributed by atoms with E-state index >= 15 is 0 Å². The monoisotopic (exact) mass is 715 g/mol. The number of para-hydroxylation sites is 1. The fourth-order valence-electron chi connectivity index (χ4n) is 5.23. The van der Waals surface area contributed by atoms with Crippen LogP contribution in [0.3, 0.4) is 0 Å². The molecule has 2 amide bonds. The van der Waals surface area contributed by atoms with Crippen molar-refractivity contribution in [1.29, 1.82) is 0 Å². The highest BCUT2D eigenvalue weighted by Gasteiger charge is 2.34.